The molecule has 8 heteroatoms. The molecule has 0 N–H and O–H groups in total. The molecule has 0 saturated heterocycles. The van der Waals surface area contributed by atoms with E-state index < -0.39 is 10.0 Å². The Kier molecular flexibility index (Phi) is 4.27. The summed E-state index contributed by atoms with van der Waals surface area (Å²) in [4.78, 5) is 4.20. The fourth-order valence-electron chi connectivity index (χ4n) is 3.52. The maximum absolute atomic E-state index is 13.6. The van der Waals surface area contributed by atoms with Crippen molar-refractivity contribution in [2.75, 3.05) is 29.3 Å². The average Bonchev–Trinajstić information content (AvgIpc) is 3.22. The Hall–Kier alpha value is -2.32. The number of benzene rings is 1. The summed E-state index contributed by atoms with van der Waals surface area (Å²) in [5.74, 6) is 0. The van der Waals surface area contributed by atoms with Gasteiger partial charge < -0.3 is 4.90 Å². The zero-order valence-electron chi connectivity index (χ0n) is 15.8. The third-order valence-electron chi connectivity index (χ3n) is 4.95. The van der Waals surface area contributed by atoms with Gasteiger partial charge >= 0.3 is 0 Å². The van der Waals surface area contributed by atoms with Crippen LogP contribution in [0, 0.1) is 13.8 Å². The van der Waals surface area contributed by atoms with E-state index >= 15 is 0 Å². The molecule has 0 spiro atoms. The standard InChI is InChI=1S/C19H22N4O2S2/c1-13-6-5-7-16-19(13)23(9-8-21(16)3)27(24,25)18-10-17(26-14(18)2)15-11-20-22(4)12-15/h5-7,10-12H,8-9H2,1-4H3. The lowest BCUT2D eigenvalue weighted by atomic mass is 10.1. The summed E-state index contributed by atoms with van der Waals surface area (Å²) < 4.78 is 30.4. The molecule has 0 fully saturated rings. The first kappa shape index (κ1) is 18.1. The second kappa shape index (κ2) is 6.38. The van der Waals surface area contributed by atoms with Crippen LogP contribution >= 0.6 is 11.3 Å². The quantitative estimate of drug-likeness (QED) is 0.674. The lowest BCUT2D eigenvalue weighted by molar-refractivity contribution is 0.589. The summed E-state index contributed by atoms with van der Waals surface area (Å²) in [5.41, 5.74) is 3.62. The minimum Gasteiger partial charge on any atom is -0.371 e. The number of aryl methyl sites for hydroxylation is 3. The number of hydrogen-bond acceptors (Lipinski definition) is 5. The van der Waals surface area contributed by atoms with Crippen LogP contribution in [0.1, 0.15) is 10.4 Å². The molecule has 6 nitrogen and oxygen atoms in total. The smallest absolute Gasteiger partial charge is 0.265 e. The van der Waals surface area contributed by atoms with Crippen molar-refractivity contribution in [2.24, 2.45) is 7.05 Å². The van der Waals surface area contributed by atoms with Gasteiger partial charge in [0.05, 0.1) is 24.1 Å². The normalized spacial score (nSPS) is 14.5. The lowest BCUT2D eigenvalue weighted by Gasteiger charge is -2.37. The van der Waals surface area contributed by atoms with Crippen molar-refractivity contribution in [3.8, 4) is 10.4 Å². The van der Waals surface area contributed by atoms with E-state index in [0.717, 1.165) is 32.3 Å². The van der Waals surface area contributed by atoms with Crippen molar-refractivity contribution in [3.05, 3.63) is 47.1 Å². The number of para-hydroxylation sites is 1. The van der Waals surface area contributed by atoms with E-state index in [0.29, 0.717) is 18.0 Å². The number of fused-ring (bicyclic) bond motifs is 1. The number of sulfonamides is 1. The first-order valence-electron chi connectivity index (χ1n) is 8.72. The maximum Gasteiger partial charge on any atom is 0.265 e. The van der Waals surface area contributed by atoms with Crippen LogP contribution in [0.15, 0.2) is 41.6 Å². The van der Waals surface area contributed by atoms with Crippen LogP contribution in [-0.2, 0) is 17.1 Å². The van der Waals surface area contributed by atoms with Gasteiger partial charge in [0.2, 0.25) is 0 Å². The monoisotopic (exact) mass is 402 g/mol. The van der Waals surface area contributed by atoms with Gasteiger partial charge in [-0.15, -0.1) is 11.3 Å². The molecule has 142 valence electrons. The van der Waals surface area contributed by atoms with Crippen LogP contribution in [0.4, 0.5) is 11.4 Å². The lowest BCUT2D eigenvalue weighted by Crippen LogP contribution is -2.43. The van der Waals surface area contributed by atoms with Gasteiger partial charge in [0.15, 0.2) is 0 Å². The van der Waals surface area contributed by atoms with Gasteiger partial charge in [0, 0.05) is 42.2 Å². The fraction of sp³-hybridized carbons (Fsp3) is 0.316. The molecule has 0 bridgehead atoms. The molecule has 0 radical (unpaired) electrons. The summed E-state index contributed by atoms with van der Waals surface area (Å²) in [6, 6.07) is 7.69. The topological polar surface area (TPSA) is 58.4 Å². The fourth-order valence-corrected chi connectivity index (χ4v) is 6.59. The average molecular weight is 403 g/mol. The highest BCUT2D eigenvalue weighted by Gasteiger charge is 2.34. The highest BCUT2D eigenvalue weighted by atomic mass is 32.2. The van der Waals surface area contributed by atoms with Crippen molar-refractivity contribution >= 4 is 32.7 Å². The minimum atomic E-state index is -3.64. The van der Waals surface area contributed by atoms with Crippen LogP contribution in [0.3, 0.4) is 0 Å². The highest BCUT2D eigenvalue weighted by molar-refractivity contribution is 7.93. The van der Waals surface area contributed by atoms with Gasteiger partial charge in [-0.25, -0.2) is 8.42 Å². The highest BCUT2D eigenvalue weighted by Crippen LogP contribution is 2.41. The molecule has 1 aromatic carbocycles. The van der Waals surface area contributed by atoms with E-state index in [-0.39, 0.29) is 0 Å². The van der Waals surface area contributed by atoms with Crippen LogP contribution in [0.2, 0.25) is 0 Å². The van der Waals surface area contributed by atoms with Gasteiger partial charge in [-0.05, 0) is 31.5 Å². The Balaban J connectivity index is 1.82. The number of hydrogen-bond donors (Lipinski definition) is 0. The van der Waals surface area contributed by atoms with Crippen LogP contribution in [0.5, 0.6) is 0 Å². The number of likely N-dealkylation sites (N-methyl/N-ethyl adjacent to an activating group) is 1. The summed E-state index contributed by atoms with van der Waals surface area (Å²) in [5, 5.41) is 4.19. The molecule has 0 aliphatic carbocycles. The molecule has 3 aromatic rings. The van der Waals surface area contributed by atoms with Gasteiger partial charge in [0.25, 0.3) is 10.0 Å². The molecule has 1 aliphatic rings. The predicted molar refractivity (Wildman–Crippen MR) is 110 cm³/mol. The zero-order chi connectivity index (χ0) is 19.3. The van der Waals surface area contributed by atoms with Crippen molar-refractivity contribution in [3.63, 3.8) is 0 Å². The summed E-state index contributed by atoms with van der Waals surface area (Å²) in [7, 11) is 0.209. The Labute approximate surface area is 163 Å². The first-order chi connectivity index (χ1) is 12.8. The van der Waals surface area contributed by atoms with Crippen molar-refractivity contribution in [2.45, 2.75) is 18.7 Å². The molecule has 0 atom stereocenters. The second-order valence-corrected chi connectivity index (χ2v) is 9.96. The molecule has 2 aromatic heterocycles. The Morgan fingerprint density at radius 3 is 2.63 bits per heavy atom. The Morgan fingerprint density at radius 1 is 1.15 bits per heavy atom. The van der Waals surface area contributed by atoms with Crippen LogP contribution in [-0.4, -0.2) is 38.3 Å². The van der Waals surface area contributed by atoms with E-state index in [1.54, 1.807) is 21.3 Å². The second-order valence-electron chi connectivity index (χ2n) is 6.88. The van der Waals surface area contributed by atoms with Crippen molar-refractivity contribution in [1.29, 1.82) is 0 Å². The molecule has 1 aliphatic heterocycles. The van der Waals surface area contributed by atoms with Crippen molar-refractivity contribution in [1.82, 2.24) is 9.78 Å². The Bertz CT molecular complexity index is 1110. The predicted octanol–water partition coefficient (Wildman–Crippen LogP) is 3.41. The van der Waals surface area contributed by atoms with Gasteiger partial charge in [0.1, 0.15) is 4.90 Å². The third-order valence-corrected chi connectivity index (χ3v) is 8.10. The molecular weight excluding hydrogens is 380 g/mol. The molecule has 3 heterocycles. The molecule has 4 rings (SSSR count). The molecule has 0 amide bonds. The van der Waals surface area contributed by atoms with Gasteiger partial charge in [-0.1, -0.05) is 12.1 Å². The van der Waals surface area contributed by atoms with Gasteiger partial charge in [-0.3, -0.25) is 8.99 Å². The zero-order valence-corrected chi connectivity index (χ0v) is 17.4. The van der Waals surface area contributed by atoms with Gasteiger partial charge in [-0.2, -0.15) is 5.10 Å². The third kappa shape index (κ3) is 2.93. The summed E-state index contributed by atoms with van der Waals surface area (Å²) >= 11 is 1.49. The summed E-state index contributed by atoms with van der Waals surface area (Å²) in [6.07, 6.45) is 3.66. The van der Waals surface area contributed by atoms with Crippen LogP contribution in [0.25, 0.3) is 10.4 Å². The van der Waals surface area contributed by atoms with E-state index in [1.165, 1.54) is 11.3 Å². The molecule has 0 unspecified atom stereocenters. The SMILES string of the molecule is Cc1cccc2c1N(S(=O)(=O)c1cc(-c3cnn(C)c3)sc1C)CCN2C. The van der Waals surface area contributed by atoms with Crippen LogP contribution < -0.4 is 9.21 Å². The van der Waals surface area contributed by atoms with E-state index in [2.05, 4.69) is 10.00 Å². The molecular formula is C19H22N4O2S2. The molecule has 0 saturated carbocycles. The maximum atomic E-state index is 13.6. The number of aromatic nitrogens is 2. The minimum absolute atomic E-state index is 0.380. The number of nitrogens with zero attached hydrogens (tertiary/aromatic N) is 4. The van der Waals surface area contributed by atoms with E-state index in [4.69, 9.17) is 0 Å². The Morgan fingerprint density at radius 2 is 1.93 bits per heavy atom. The van der Waals surface area contributed by atoms with E-state index in [9.17, 15) is 8.42 Å². The number of thiophene rings is 1. The number of rotatable bonds is 3. The summed E-state index contributed by atoms with van der Waals surface area (Å²) in [6.45, 7) is 4.93. The van der Waals surface area contributed by atoms with Crippen molar-refractivity contribution < 1.29 is 8.42 Å². The first-order valence-corrected chi connectivity index (χ1v) is 11.0. The largest absolute Gasteiger partial charge is 0.371 e. The van der Waals surface area contributed by atoms with E-state index in [1.807, 2.05) is 52.3 Å². The number of anilines is 2. The molecule has 27 heavy (non-hydrogen) atoms.